The van der Waals surface area contributed by atoms with Crippen molar-refractivity contribution in [3.63, 3.8) is 0 Å². The molecule has 20 heavy (non-hydrogen) atoms. The van der Waals surface area contributed by atoms with E-state index in [2.05, 4.69) is 43.1 Å². The van der Waals surface area contributed by atoms with Gasteiger partial charge >= 0.3 is 0 Å². The second-order valence-corrected chi connectivity index (χ2v) is 4.89. The number of carbonyl (C=O) groups excluding carboxylic acids is 1. The topological polar surface area (TPSA) is 41.6 Å². The zero-order chi connectivity index (χ0) is 15.0. The maximum Gasteiger partial charge on any atom is 0.234 e. The molecule has 0 saturated heterocycles. The molecule has 0 aliphatic heterocycles. The minimum Gasteiger partial charge on any atom is -0.492 e. The van der Waals surface area contributed by atoms with Gasteiger partial charge < -0.3 is 10.1 Å². The van der Waals surface area contributed by atoms with Gasteiger partial charge in [-0.05, 0) is 38.4 Å². The van der Waals surface area contributed by atoms with Gasteiger partial charge in [0.05, 0.1) is 6.54 Å². The number of likely N-dealkylation sites (N-methyl/N-ethyl adjacent to an activating group) is 2. The van der Waals surface area contributed by atoms with E-state index in [-0.39, 0.29) is 5.91 Å². The standard InChI is InChI=1S/C16H26N2O2/c1-5-17-15(19)12-18(6-2)10-11-20-16-13(3)8-7-9-14(16)4/h7-9H,5-6,10-12H2,1-4H3,(H,17,19). The van der Waals surface area contributed by atoms with Gasteiger partial charge in [0.2, 0.25) is 5.91 Å². The van der Waals surface area contributed by atoms with Gasteiger partial charge in [-0.2, -0.15) is 0 Å². The van der Waals surface area contributed by atoms with Crippen molar-refractivity contribution in [3.05, 3.63) is 29.3 Å². The van der Waals surface area contributed by atoms with E-state index in [9.17, 15) is 4.79 Å². The minimum atomic E-state index is 0.0708. The van der Waals surface area contributed by atoms with Crippen LogP contribution in [-0.4, -0.2) is 43.6 Å². The third-order valence-electron chi connectivity index (χ3n) is 3.25. The first-order chi connectivity index (χ1) is 9.58. The van der Waals surface area contributed by atoms with E-state index in [0.29, 0.717) is 19.7 Å². The molecular weight excluding hydrogens is 252 g/mol. The Kier molecular flexibility index (Phi) is 7.09. The first-order valence-corrected chi connectivity index (χ1v) is 7.26. The highest BCUT2D eigenvalue weighted by atomic mass is 16.5. The summed E-state index contributed by atoms with van der Waals surface area (Å²) in [5, 5.41) is 2.82. The molecule has 0 bridgehead atoms. The van der Waals surface area contributed by atoms with Crippen LogP contribution in [0.2, 0.25) is 0 Å². The Morgan fingerprint density at radius 2 is 1.90 bits per heavy atom. The van der Waals surface area contributed by atoms with Crippen LogP contribution in [0.5, 0.6) is 5.75 Å². The predicted molar refractivity (Wildman–Crippen MR) is 82.2 cm³/mol. The van der Waals surface area contributed by atoms with E-state index >= 15 is 0 Å². The van der Waals surface area contributed by atoms with Gasteiger partial charge in [0.25, 0.3) is 0 Å². The molecule has 0 fully saturated rings. The number of ether oxygens (including phenoxy) is 1. The average Bonchev–Trinajstić information content (AvgIpc) is 2.41. The zero-order valence-electron chi connectivity index (χ0n) is 13.0. The molecule has 4 nitrogen and oxygen atoms in total. The highest BCUT2D eigenvalue weighted by Gasteiger charge is 2.09. The number of hydrogen-bond acceptors (Lipinski definition) is 3. The maximum absolute atomic E-state index is 11.6. The molecule has 1 rings (SSSR count). The van der Waals surface area contributed by atoms with Gasteiger partial charge in [0, 0.05) is 13.1 Å². The van der Waals surface area contributed by atoms with Crippen molar-refractivity contribution in [2.45, 2.75) is 27.7 Å². The third-order valence-corrected chi connectivity index (χ3v) is 3.25. The molecular formula is C16H26N2O2. The smallest absolute Gasteiger partial charge is 0.234 e. The molecule has 0 radical (unpaired) electrons. The highest BCUT2D eigenvalue weighted by Crippen LogP contribution is 2.22. The molecule has 1 aromatic carbocycles. The third kappa shape index (κ3) is 5.21. The molecule has 0 saturated carbocycles. The molecule has 112 valence electrons. The van der Waals surface area contributed by atoms with Crippen molar-refractivity contribution in [2.24, 2.45) is 0 Å². The van der Waals surface area contributed by atoms with Gasteiger partial charge in [-0.1, -0.05) is 25.1 Å². The number of aryl methyl sites for hydroxylation is 2. The molecule has 0 heterocycles. The van der Waals surface area contributed by atoms with Crippen LogP contribution in [0.1, 0.15) is 25.0 Å². The van der Waals surface area contributed by atoms with Crippen molar-refractivity contribution >= 4 is 5.91 Å². The van der Waals surface area contributed by atoms with Crippen molar-refractivity contribution in [1.82, 2.24) is 10.2 Å². The van der Waals surface area contributed by atoms with Crippen molar-refractivity contribution in [1.29, 1.82) is 0 Å². The summed E-state index contributed by atoms with van der Waals surface area (Å²) < 4.78 is 5.87. The van der Waals surface area contributed by atoms with Gasteiger partial charge in [-0.3, -0.25) is 9.69 Å². The Hall–Kier alpha value is -1.55. The summed E-state index contributed by atoms with van der Waals surface area (Å²) in [7, 11) is 0. The number of carbonyl (C=O) groups is 1. The number of nitrogens with zero attached hydrogens (tertiary/aromatic N) is 1. The summed E-state index contributed by atoms with van der Waals surface area (Å²) in [6.45, 7) is 11.4. The molecule has 4 heteroatoms. The van der Waals surface area contributed by atoms with Crippen molar-refractivity contribution < 1.29 is 9.53 Å². The van der Waals surface area contributed by atoms with Crippen molar-refractivity contribution in [3.8, 4) is 5.75 Å². The fourth-order valence-electron chi connectivity index (χ4n) is 2.11. The Morgan fingerprint density at radius 3 is 2.45 bits per heavy atom. The number of benzene rings is 1. The second kappa shape index (κ2) is 8.59. The van der Waals surface area contributed by atoms with Crippen LogP contribution in [0.4, 0.5) is 0 Å². The molecule has 1 N–H and O–H groups in total. The molecule has 0 atom stereocenters. The van der Waals surface area contributed by atoms with Crippen LogP contribution in [-0.2, 0) is 4.79 Å². The zero-order valence-corrected chi connectivity index (χ0v) is 13.0. The van der Waals surface area contributed by atoms with E-state index in [4.69, 9.17) is 4.74 Å². The normalized spacial score (nSPS) is 10.7. The molecule has 1 aromatic rings. The van der Waals surface area contributed by atoms with Crippen LogP contribution in [0, 0.1) is 13.8 Å². The first-order valence-electron chi connectivity index (χ1n) is 7.26. The van der Waals surface area contributed by atoms with Crippen LogP contribution in [0.15, 0.2) is 18.2 Å². The molecule has 0 aromatic heterocycles. The number of nitrogens with one attached hydrogen (secondary N) is 1. The SMILES string of the molecule is CCNC(=O)CN(CC)CCOc1c(C)cccc1C. The lowest BCUT2D eigenvalue weighted by atomic mass is 10.1. The van der Waals surface area contributed by atoms with E-state index in [1.54, 1.807) is 0 Å². The van der Waals surface area contributed by atoms with Crippen molar-refractivity contribution in [2.75, 3.05) is 32.8 Å². The lowest BCUT2D eigenvalue weighted by molar-refractivity contribution is -0.122. The Labute approximate surface area is 122 Å². The quantitative estimate of drug-likeness (QED) is 0.792. The Balaban J connectivity index is 2.43. The highest BCUT2D eigenvalue weighted by molar-refractivity contribution is 5.77. The number of para-hydroxylation sites is 1. The molecule has 0 aliphatic carbocycles. The van der Waals surface area contributed by atoms with E-state index in [1.165, 1.54) is 0 Å². The van der Waals surface area contributed by atoms with E-state index in [0.717, 1.165) is 30.0 Å². The van der Waals surface area contributed by atoms with Crippen LogP contribution < -0.4 is 10.1 Å². The van der Waals surface area contributed by atoms with Gasteiger partial charge in [-0.25, -0.2) is 0 Å². The largest absolute Gasteiger partial charge is 0.492 e. The Bertz CT molecular complexity index is 412. The van der Waals surface area contributed by atoms with E-state index in [1.807, 2.05) is 13.0 Å². The summed E-state index contributed by atoms with van der Waals surface area (Å²) in [4.78, 5) is 13.6. The lowest BCUT2D eigenvalue weighted by Crippen LogP contribution is -2.39. The fraction of sp³-hybridized carbons (Fsp3) is 0.562. The molecule has 0 spiro atoms. The summed E-state index contributed by atoms with van der Waals surface area (Å²) in [5.41, 5.74) is 2.30. The maximum atomic E-state index is 11.6. The number of amides is 1. The van der Waals surface area contributed by atoms with Gasteiger partial charge in [0.15, 0.2) is 0 Å². The second-order valence-electron chi connectivity index (χ2n) is 4.89. The fourth-order valence-corrected chi connectivity index (χ4v) is 2.11. The van der Waals surface area contributed by atoms with Gasteiger partial charge in [0.1, 0.15) is 12.4 Å². The lowest BCUT2D eigenvalue weighted by Gasteiger charge is -2.20. The summed E-state index contributed by atoms with van der Waals surface area (Å²) >= 11 is 0. The number of hydrogen-bond donors (Lipinski definition) is 1. The molecule has 0 unspecified atom stereocenters. The van der Waals surface area contributed by atoms with Gasteiger partial charge in [-0.15, -0.1) is 0 Å². The minimum absolute atomic E-state index is 0.0708. The number of rotatable bonds is 8. The summed E-state index contributed by atoms with van der Waals surface area (Å²) in [6, 6.07) is 6.13. The average molecular weight is 278 g/mol. The Morgan fingerprint density at radius 1 is 1.25 bits per heavy atom. The summed E-state index contributed by atoms with van der Waals surface area (Å²) in [5.74, 6) is 1.03. The predicted octanol–water partition coefficient (Wildman–Crippen LogP) is 2.14. The van der Waals surface area contributed by atoms with Crippen LogP contribution in [0.3, 0.4) is 0 Å². The van der Waals surface area contributed by atoms with Crippen LogP contribution in [0.25, 0.3) is 0 Å². The summed E-state index contributed by atoms with van der Waals surface area (Å²) in [6.07, 6.45) is 0. The molecule has 0 aliphatic rings. The molecule has 1 amide bonds. The monoisotopic (exact) mass is 278 g/mol. The van der Waals surface area contributed by atoms with E-state index < -0.39 is 0 Å². The van der Waals surface area contributed by atoms with Crippen LogP contribution >= 0.6 is 0 Å². The first kappa shape index (κ1) is 16.5.